The molecule has 1 saturated heterocycles. The van der Waals surface area contributed by atoms with Crippen molar-refractivity contribution in [1.29, 1.82) is 0 Å². The van der Waals surface area contributed by atoms with Crippen LogP contribution in [-0.4, -0.2) is 69.2 Å². The van der Waals surface area contributed by atoms with Crippen LogP contribution in [0.1, 0.15) is 11.1 Å². The van der Waals surface area contributed by atoms with Gasteiger partial charge in [0, 0.05) is 45.0 Å². The highest BCUT2D eigenvalue weighted by molar-refractivity contribution is 5.74. The van der Waals surface area contributed by atoms with E-state index in [2.05, 4.69) is 47.2 Å². The highest BCUT2D eigenvalue weighted by atomic mass is 16.2. The zero-order chi connectivity index (χ0) is 16.1. The molecule has 122 valence electrons. The second-order valence-electron chi connectivity index (χ2n) is 6.30. The van der Waals surface area contributed by atoms with E-state index in [9.17, 15) is 4.79 Å². The van der Waals surface area contributed by atoms with E-state index in [-0.39, 0.29) is 6.03 Å². The molecule has 1 aromatic carbocycles. The van der Waals surface area contributed by atoms with Crippen LogP contribution in [-0.2, 0) is 0 Å². The molecule has 1 N–H and O–H groups in total. The maximum absolute atomic E-state index is 12.1. The van der Waals surface area contributed by atoms with Crippen molar-refractivity contribution in [3.8, 4) is 0 Å². The number of nitrogens with zero attached hydrogens (tertiary/aromatic N) is 3. The molecule has 0 saturated carbocycles. The summed E-state index contributed by atoms with van der Waals surface area (Å²) in [6.07, 6.45) is 0. The average molecular weight is 304 g/mol. The molecule has 0 aliphatic carbocycles. The maximum Gasteiger partial charge on any atom is 0.317 e. The molecular formula is C17H28N4O. The topological polar surface area (TPSA) is 38.8 Å². The number of carbonyl (C=O) groups is 1. The number of hydrogen-bond donors (Lipinski definition) is 1. The predicted molar refractivity (Wildman–Crippen MR) is 91.7 cm³/mol. The van der Waals surface area contributed by atoms with Crippen molar-refractivity contribution in [1.82, 2.24) is 15.1 Å². The summed E-state index contributed by atoms with van der Waals surface area (Å²) >= 11 is 0. The van der Waals surface area contributed by atoms with Gasteiger partial charge in [0.25, 0.3) is 0 Å². The SMILES string of the molecule is Cc1ccc(C)c(N2CCN(C(=O)NCCN(C)C)CC2)c1. The molecule has 5 heteroatoms. The number of piperazine rings is 1. The van der Waals surface area contributed by atoms with Gasteiger partial charge in [-0.2, -0.15) is 0 Å². The van der Waals surface area contributed by atoms with Gasteiger partial charge < -0.3 is 20.0 Å². The molecule has 5 nitrogen and oxygen atoms in total. The number of hydrogen-bond acceptors (Lipinski definition) is 3. The summed E-state index contributed by atoms with van der Waals surface area (Å²) in [5.74, 6) is 0. The number of aryl methyl sites for hydroxylation is 2. The van der Waals surface area contributed by atoms with Crippen molar-refractivity contribution in [2.45, 2.75) is 13.8 Å². The van der Waals surface area contributed by atoms with Gasteiger partial charge in [-0.1, -0.05) is 12.1 Å². The van der Waals surface area contributed by atoms with Crippen molar-refractivity contribution in [3.05, 3.63) is 29.3 Å². The molecular weight excluding hydrogens is 276 g/mol. The van der Waals surface area contributed by atoms with E-state index in [0.717, 1.165) is 32.7 Å². The highest BCUT2D eigenvalue weighted by Gasteiger charge is 2.21. The summed E-state index contributed by atoms with van der Waals surface area (Å²) < 4.78 is 0. The van der Waals surface area contributed by atoms with Crippen molar-refractivity contribution < 1.29 is 4.79 Å². The van der Waals surface area contributed by atoms with Gasteiger partial charge in [0.05, 0.1) is 0 Å². The van der Waals surface area contributed by atoms with E-state index in [1.807, 2.05) is 19.0 Å². The third-order valence-electron chi connectivity index (χ3n) is 4.11. The molecule has 2 amide bonds. The molecule has 1 aliphatic rings. The van der Waals surface area contributed by atoms with Crippen molar-refractivity contribution >= 4 is 11.7 Å². The Morgan fingerprint density at radius 2 is 1.86 bits per heavy atom. The monoisotopic (exact) mass is 304 g/mol. The van der Waals surface area contributed by atoms with Crippen LogP contribution in [0.2, 0.25) is 0 Å². The van der Waals surface area contributed by atoms with Crippen LogP contribution in [0, 0.1) is 13.8 Å². The van der Waals surface area contributed by atoms with Crippen LogP contribution in [0.5, 0.6) is 0 Å². The van der Waals surface area contributed by atoms with Gasteiger partial charge >= 0.3 is 6.03 Å². The summed E-state index contributed by atoms with van der Waals surface area (Å²) in [6.45, 7) is 9.18. The molecule has 22 heavy (non-hydrogen) atoms. The molecule has 0 spiro atoms. The third kappa shape index (κ3) is 4.37. The standard InChI is InChI=1S/C17H28N4O/c1-14-5-6-15(2)16(13-14)20-9-11-21(12-10-20)17(22)18-7-8-19(3)4/h5-6,13H,7-12H2,1-4H3,(H,18,22). The van der Waals surface area contributed by atoms with Crippen LogP contribution in [0.25, 0.3) is 0 Å². The lowest BCUT2D eigenvalue weighted by Gasteiger charge is -2.37. The van der Waals surface area contributed by atoms with Crippen LogP contribution < -0.4 is 10.2 Å². The fourth-order valence-electron chi connectivity index (χ4n) is 2.71. The molecule has 0 bridgehead atoms. The number of carbonyl (C=O) groups excluding carboxylic acids is 1. The normalized spacial score (nSPS) is 15.3. The minimum Gasteiger partial charge on any atom is -0.368 e. The molecule has 0 aromatic heterocycles. The Labute approximate surface area is 133 Å². The molecule has 0 radical (unpaired) electrons. The molecule has 2 rings (SSSR count). The number of nitrogens with one attached hydrogen (secondary N) is 1. The van der Waals surface area contributed by atoms with E-state index >= 15 is 0 Å². The van der Waals surface area contributed by atoms with Gasteiger partial charge in [-0.3, -0.25) is 0 Å². The minimum absolute atomic E-state index is 0.0578. The van der Waals surface area contributed by atoms with Crippen molar-refractivity contribution in [2.75, 3.05) is 58.3 Å². The Morgan fingerprint density at radius 3 is 2.50 bits per heavy atom. The molecule has 1 aromatic rings. The third-order valence-corrected chi connectivity index (χ3v) is 4.11. The summed E-state index contributed by atoms with van der Waals surface area (Å²) in [6, 6.07) is 6.61. The van der Waals surface area contributed by atoms with Gasteiger partial charge in [-0.15, -0.1) is 0 Å². The number of likely N-dealkylation sites (N-methyl/N-ethyl adjacent to an activating group) is 1. The molecule has 1 aliphatic heterocycles. The predicted octanol–water partition coefficient (Wildman–Crippen LogP) is 1.70. The van der Waals surface area contributed by atoms with Crippen molar-refractivity contribution in [3.63, 3.8) is 0 Å². The number of anilines is 1. The Balaban J connectivity index is 1.85. The number of amides is 2. The Bertz CT molecular complexity index is 507. The molecule has 0 atom stereocenters. The first-order valence-corrected chi connectivity index (χ1v) is 7.97. The first-order chi connectivity index (χ1) is 10.5. The highest BCUT2D eigenvalue weighted by Crippen LogP contribution is 2.22. The summed E-state index contributed by atoms with van der Waals surface area (Å²) in [7, 11) is 4.02. The lowest BCUT2D eigenvalue weighted by atomic mass is 10.1. The van der Waals surface area contributed by atoms with E-state index < -0.39 is 0 Å². The first-order valence-electron chi connectivity index (χ1n) is 7.97. The quantitative estimate of drug-likeness (QED) is 0.920. The number of benzene rings is 1. The fourth-order valence-corrected chi connectivity index (χ4v) is 2.71. The van der Waals surface area contributed by atoms with Crippen LogP contribution >= 0.6 is 0 Å². The zero-order valence-electron chi connectivity index (χ0n) is 14.2. The van der Waals surface area contributed by atoms with Gasteiger partial charge in [0.1, 0.15) is 0 Å². The average Bonchev–Trinajstić information content (AvgIpc) is 2.49. The molecule has 1 fully saturated rings. The Morgan fingerprint density at radius 1 is 1.18 bits per heavy atom. The van der Waals surface area contributed by atoms with Crippen LogP contribution in [0.3, 0.4) is 0 Å². The lowest BCUT2D eigenvalue weighted by Crippen LogP contribution is -2.52. The van der Waals surface area contributed by atoms with Gasteiger partial charge in [0.15, 0.2) is 0 Å². The fraction of sp³-hybridized carbons (Fsp3) is 0.588. The van der Waals surface area contributed by atoms with E-state index in [4.69, 9.17) is 0 Å². The summed E-state index contributed by atoms with van der Waals surface area (Å²) in [5.41, 5.74) is 3.88. The smallest absolute Gasteiger partial charge is 0.317 e. The zero-order valence-corrected chi connectivity index (χ0v) is 14.2. The Hall–Kier alpha value is -1.75. The maximum atomic E-state index is 12.1. The van der Waals surface area contributed by atoms with Gasteiger partial charge in [-0.05, 0) is 45.1 Å². The first kappa shape index (κ1) is 16.6. The largest absolute Gasteiger partial charge is 0.368 e. The van der Waals surface area contributed by atoms with E-state index in [1.165, 1.54) is 16.8 Å². The molecule has 1 heterocycles. The van der Waals surface area contributed by atoms with E-state index in [1.54, 1.807) is 0 Å². The van der Waals surface area contributed by atoms with Gasteiger partial charge in [-0.25, -0.2) is 4.79 Å². The molecule has 0 unspecified atom stereocenters. The second kappa shape index (κ2) is 7.49. The minimum atomic E-state index is 0.0578. The van der Waals surface area contributed by atoms with E-state index in [0.29, 0.717) is 6.54 Å². The Kier molecular flexibility index (Phi) is 5.66. The van der Waals surface area contributed by atoms with Crippen LogP contribution in [0.15, 0.2) is 18.2 Å². The summed E-state index contributed by atoms with van der Waals surface area (Å²) in [4.78, 5) is 18.5. The van der Waals surface area contributed by atoms with Crippen LogP contribution in [0.4, 0.5) is 10.5 Å². The summed E-state index contributed by atoms with van der Waals surface area (Å²) in [5, 5.41) is 2.99. The number of rotatable bonds is 4. The second-order valence-corrected chi connectivity index (χ2v) is 6.30. The number of urea groups is 1. The van der Waals surface area contributed by atoms with Crippen molar-refractivity contribution in [2.24, 2.45) is 0 Å². The lowest BCUT2D eigenvalue weighted by molar-refractivity contribution is 0.193. The van der Waals surface area contributed by atoms with Gasteiger partial charge in [0.2, 0.25) is 0 Å².